The summed E-state index contributed by atoms with van der Waals surface area (Å²) in [4.78, 5) is 23.7. The largest absolute Gasteiger partial charge is 0.497 e. The number of carbonyl (C=O) groups excluding carboxylic acids is 1. The second-order valence-electron chi connectivity index (χ2n) is 5.56. The van der Waals surface area contributed by atoms with E-state index in [-0.39, 0.29) is 24.5 Å². The van der Waals surface area contributed by atoms with E-state index in [1.165, 1.54) is 26.4 Å². The van der Waals surface area contributed by atoms with Crippen molar-refractivity contribution in [2.24, 2.45) is 0 Å². The lowest BCUT2D eigenvalue weighted by Gasteiger charge is -2.12. The first kappa shape index (κ1) is 19.3. The molecule has 138 valence electrons. The Bertz CT molecular complexity index is 803. The van der Waals surface area contributed by atoms with Crippen molar-refractivity contribution < 1.29 is 28.9 Å². The van der Waals surface area contributed by atoms with E-state index in [2.05, 4.69) is 5.32 Å². The second kappa shape index (κ2) is 8.87. The third-order valence-electron chi connectivity index (χ3n) is 3.67. The number of carbonyl (C=O) groups is 2. The number of hydrogen-bond donors (Lipinski definition) is 2. The number of aromatic carboxylic acids is 1. The Balaban J connectivity index is 2.21. The number of benzene rings is 2. The highest BCUT2D eigenvalue weighted by Gasteiger charge is 2.13. The van der Waals surface area contributed by atoms with Crippen molar-refractivity contribution in [3.63, 3.8) is 0 Å². The minimum absolute atomic E-state index is 0.0529. The smallest absolute Gasteiger partial charge is 0.335 e. The van der Waals surface area contributed by atoms with Gasteiger partial charge in [-0.1, -0.05) is 0 Å². The zero-order valence-electron chi connectivity index (χ0n) is 14.9. The lowest BCUT2D eigenvalue weighted by atomic mass is 10.1. The van der Waals surface area contributed by atoms with Gasteiger partial charge in [0.1, 0.15) is 11.5 Å². The van der Waals surface area contributed by atoms with E-state index in [9.17, 15) is 14.7 Å². The first-order chi connectivity index (χ1) is 12.5. The van der Waals surface area contributed by atoms with Crippen molar-refractivity contribution in [1.29, 1.82) is 0 Å². The van der Waals surface area contributed by atoms with Crippen LogP contribution in [0.15, 0.2) is 36.4 Å². The quantitative estimate of drug-likeness (QED) is 0.753. The maximum atomic E-state index is 12.4. The van der Waals surface area contributed by atoms with E-state index in [1.807, 2.05) is 0 Å². The van der Waals surface area contributed by atoms with Crippen LogP contribution in [0.25, 0.3) is 0 Å². The van der Waals surface area contributed by atoms with Crippen molar-refractivity contribution in [1.82, 2.24) is 0 Å². The number of methoxy groups -OCH3 is 3. The summed E-state index contributed by atoms with van der Waals surface area (Å²) in [5, 5.41) is 11.9. The molecule has 0 bridgehead atoms. The third-order valence-corrected chi connectivity index (χ3v) is 3.67. The van der Waals surface area contributed by atoms with Crippen LogP contribution < -0.4 is 14.8 Å². The standard InChI is InChI=1S/C19H21NO6/c1-24-11-12-6-14(19(22)23)8-15(7-12)20-18(21)10-13-9-16(25-2)4-5-17(13)26-3/h4-9H,10-11H2,1-3H3,(H,20,21)(H,22,23). The molecule has 2 aromatic carbocycles. The van der Waals surface area contributed by atoms with Crippen molar-refractivity contribution in [2.75, 3.05) is 26.6 Å². The minimum atomic E-state index is -1.08. The molecule has 26 heavy (non-hydrogen) atoms. The number of carboxylic acid groups (broad SMARTS) is 1. The summed E-state index contributed by atoms with van der Waals surface area (Å²) in [5.41, 5.74) is 1.79. The van der Waals surface area contributed by atoms with Crippen LogP contribution in [0.4, 0.5) is 5.69 Å². The van der Waals surface area contributed by atoms with Crippen molar-refractivity contribution >= 4 is 17.6 Å². The highest BCUT2D eigenvalue weighted by atomic mass is 16.5. The molecule has 0 aromatic heterocycles. The van der Waals surface area contributed by atoms with Crippen LogP contribution in [0.5, 0.6) is 11.5 Å². The summed E-state index contributed by atoms with van der Waals surface area (Å²) in [6.45, 7) is 0.244. The minimum Gasteiger partial charge on any atom is -0.497 e. The van der Waals surface area contributed by atoms with E-state index >= 15 is 0 Å². The Kier molecular flexibility index (Phi) is 6.57. The molecule has 0 aliphatic heterocycles. The van der Waals surface area contributed by atoms with Gasteiger partial charge in [0.15, 0.2) is 0 Å². The molecule has 0 fully saturated rings. The van der Waals surface area contributed by atoms with Crippen LogP contribution >= 0.6 is 0 Å². The Morgan fingerprint density at radius 2 is 1.81 bits per heavy atom. The van der Waals surface area contributed by atoms with Gasteiger partial charge in [-0.3, -0.25) is 4.79 Å². The topological polar surface area (TPSA) is 94.1 Å². The molecule has 0 aliphatic carbocycles. The van der Waals surface area contributed by atoms with E-state index < -0.39 is 5.97 Å². The number of carboxylic acids is 1. The number of rotatable bonds is 8. The summed E-state index contributed by atoms with van der Waals surface area (Å²) in [6.07, 6.45) is 0.0529. The Morgan fingerprint density at radius 3 is 2.42 bits per heavy atom. The van der Waals surface area contributed by atoms with E-state index in [0.29, 0.717) is 28.3 Å². The van der Waals surface area contributed by atoms with Gasteiger partial charge in [0, 0.05) is 18.4 Å². The van der Waals surface area contributed by atoms with Crippen LogP contribution in [0.2, 0.25) is 0 Å². The average Bonchev–Trinajstić information content (AvgIpc) is 2.61. The lowest BCUT2D eigenvalue weighted by molar-refractivity contribution is -0.115. The second-order valence-corrected chi connectivity index (χ2v) is 5.56. The van der Waals surface area contributed by atoms with Crippen LogP contribution in [-0.4, -0.2) is 38.3 Å². The molecule has 0 spiro atoms. The van der Waals surface area contributed by atoms with Crippen LogP contribution in [0.3, 0.4) is 0 Å². The molecule has 0 saturated heterocycles. The van der Waals surface area contributed by atoms with Gasteiger partial charge < -0.3 is 24.6 Å². The fourth-order valence-corrected chi connectivity index (χ4v) is 2.54. The Hall–Kier alpha value is -3.06. The zero-order valence-corrected chi connectivity index (χ0v) is 14.9. The normalized spacial score (nSPS) is 10.3. The molecule has 7 heteroatoms. The van der Waals surface area contributed by atoms with Gasteiger partial charge in [-0.2, -0.15) is 0 Å². The summed E-state index contributed by atoms with van der Waals surface area (Å²) < 4.78 is 15.5. The maximum Gasteiger partial charge on any atom is 0.335 e. The number of nitrogens with one attached hydrogen (secondary N) is 1. The SMILES string of the molecule is COCc1cc(NC(=O)Cc2cc(OC)ccc2OC)cc(C(=O)O)c1. The number of anilines is 1. The molecule has 2 rings (SSSR count). The van der Waals surface area contributed by atoms with Gasteiger partial charge in [0.25, 0.3) is 0 Å². The predicted octanol–water partition coefficient (Wildman–Crippen LogP) is 2.73. The zero-order chi connectivity index (χ0) is 19.1. The van der Waals surface area contributed by atoms with Gasteiger partial charge in [-0.15, -0.1) is 0 Å². The molecular formula is C19H21NO6. The van der Waals surface area contributed by atoms with Crippen LogP contribution in [-0.2, 0) is 22.6 Å². The maximum absolute atomic E-state index is 12.4. The van der Waals surface area contributed by atoms with Crippen molar-refractivity contribution in [3.05, 3.63) is 53.1 Å². The molecule has 0 saturated carbocycles. The summed E-state index contributed by atoms with van der Waals surface area (Å²) in [5.74, 6) is -0.195. The summed E-state index contributed by atoms with van der Waals surface area (Å²) in [7, 11) is 4.58. The fraction of sp³-hybridized carbons (Fsp3) is 0.263. The molecular weight excluding hydrogens is 338 g/mol. The number of amides is 1. The summed E-state index contributed by atoms with van der Waals surface area (Å²) >= 11 is 0. The average molecular weight is 359 g/mol. The van der Waals surface area contributed by atoms with E-state index in [4.69, 9.17) is 14.2 Å². The molecule has 0 unspecified atom stereocenters. The fourth-order valence-electron chi connectivity index (χ4n) is 2.54. The molecule has 7 nitrogen and oxygen atoms in total. The van der Waals surface area contributed by atoms with Crippen molar-refractivity contribution in [2.45, 2.75) is 13.0 Å². The van der Waals surface area contributed by atoms with Crippen molar-refractivity contribution in [3.8, 4) is 11.5 Å². The van der Waals surface area contributed by atoms with Crippen LogP contribution in [0.1, 0.15) is 21.5 Å². The highest BCUT2D eigenvalue weighted by Crippen LogP contribution is 2.25. The summed E-state index contributed by atoms with van der Waals surface area (Å²) in [6, 6.07) is 9.78. The highest BCUT2D eigenvalue weighted by molar-refractivity contribution is 5.95. The molecule has 2 N–H and O–H groups in total. The Morgan fingerprint density at radius 1 is 1.04 bits per heavy atom. The number of ether oxygens (including phenoxy) is 3. The van der Waals surface area contributed by atoms with Gasteiger partial charge in [0.05, 0.1) is 32.8 Å². The first-order valence-corrected chi connectivity index (χ1v) is 7.83. The van der Waals surface area contributed by atoms with Gasteiger partial charge in [-0.05, 0) is 42.0 Å². The van der Waals surface area contributed by atoms with Crippen LogP contribution in [0, 0.1) is 0 Å². The molecule has 0 heterocycles. The van der Waals surface area contributed by atoms with Gasteiger partial charge >= 0.3 is 5.97 Å². The molecule has 0 aliphatic rings. The third kappa shape index (κ3) is 4.97. The lowest BCUT2D eigenvalue weighted by Crippen LogP contribution is -2.16. The molecule has 1 amide bonds. The molecule has 2 aromatic rings. The monoisotopic (exact) mass is 359 g/mol. The Labute approximate surface area is 151 Å². The van der Waals surface area contributed by atoms with Gasteiger partial charge in [0.2, 0.25) is 5.91 Å². The molecule has 0 atom stereocenters. The van der Waals surface area contributed by atoms with E-state index in [1.54, 1.807) is 31.4 Å². The van der Waals surface area contributed by atoms with Gasteiger partial charge in [-0.25, -0.2) is 4.79 Å². The number of hydrogen-bond acceptors (Lipinski definition) is 5. The first-order valence-electron chi connectivity index (χ1n) is 7.83. The predicted molar refractivity (Wildman–Crippen MR) is 96.0 cm³/mol. The molecule has 0 radical (unpaired) electrons. The van der Waals surface area contributed by atoms with E-state index in [0.717, 1.165) is 0 Å².